The first-order valence-electron chi connectivity index (χ1n) is 10.3. The molecule has 1 fully saturated rings. The molecule has 32 heavy (non-hydrogen) atoms. The summed E-state index contributed by atoms with van der Waals surface area (Å²) in [6.45, 7) is 2.13. The van der Waals surface area contributed by atoms with Gasteiger partial charge >= 0.3 is 5.97 Å². The number of sulfonamides is 1. The van der Waals surface area contributed by atoms with Crippen molar-refractivity contribution < 1.29 is 32.2 Å². The third-order valence-electron chi connectivity index (χ3n) is 5.42. The Morgan fingerprint density at radius 1 is 0.938 bits per heavy atom. The predicted octanol–water partition coefficient (Wildman–Crippen LogP) is 3.23. The van der Waals surface area contributed by atoms with E-state index in [1.54, 1.807) is 25.1 Å². The molecular weight excluding hydrogens is 434 g/mol. The number of ketones is 1. The number of hydrogen-bond donors (Lipinski definition) is 0. The molecule has 0 amide bonds. The van der Waals surface area contributed by atoms with Crippen molar-refractivity contribution in [2.24, 2.45) is 0 Å². The zero-order chi connectivity index (χ0) is 23.3. The molecule has 0 radical (unpaired) electrons. The second-order valence-corrected chi connectivity index (χ2v) is 9.45. The summed E-state index contributed by atoms with van der Waals surface area (Å²) in [6, 6.07) is 9.03. The van der Waals surface area contributed by atoms with E-state index in [2.05, 4.69) is 0 Å². The molecule has 2 aromatic rings. The molecule has 8 nitrogen and oxygen atoms in total. The van der Waals surface area contributed by atoms with E-state index in [1.165, 1.54) is 36.7 Å². The maximum Gasteiger partial charge on any atom is 0.338 e. The lowest BCUT2D eigenvalue weighted by molar-refractivity contribution is 0.0473. The molecule has 1 saturated heterocycles. The van der Waals surface area contributed by atoms with Crippen molar-refractivity contribution >= 4 is 21.8 Å². The van der Waals surface area contributed by atoms with Crippen LogP contribution < -0.4 is 9.47 Å². The number of carbonyl (C=O) groups excluding carboxylic acids is 2. The number of aryl methyl sites for hydroxylation is 1. The van der Waals surface area contributed by atoms with Gasteiger partial charge in [0, 0.05) is 18.7 Å². The Hall–Kier alpha value is -2.91. The predicted molar refractivity (Wildman–Crippen MR) is 118 cm³/mol. The molecule has 0 aliphatic carbocycles. The Labute approximate surface area is 188 Å². The average Bonchev–Trinajstić information content (AvgIpc) is 2.82. The van der Waals surface area contributed by atoms with Gasteiger partial charge in [0.25, 0.3) is 0 Å². The fourth-order valence-corrected chi connectivity index (χ4v) is 5.08. The maximum atomic E-state index is 12.9. The Morgan fingerprint density at radius 2 is 1.62 bits per heavy atom. The molecule has 9 heteroatoms. The second-order valence-electron chi connectivity index (χ2n) is 7.51. The van der Waals surface area contributed by atoms with Gasteiger partial charge in [0.15, 0.2) is 23.9 Å². The molecule has 2 aromatic carbocycles. The van der Waals surface area contributed by atoms with Gasteiger partial charge in [0.05, 0.1) is 24.7 Å². The monoisotopic (exact) mass is 461 g/mol. The molecule has 1 heterocycles. The Bertz CT molecular complexity index is 1110. The highest BCUT2D eigenvalue weighted by atomic mass is 32.2. The molecule has 1 aliphatic rings. The highest BCUT2D eigenvalue weighted by Crippen LogP contribution is 2.28. The lowest BCUT2D eigenvalue weighted by Gasteiger charge is -2.26. The van der Waals surface area contributed by atoms with Crippen LogP contribution in [-0.2, 0) is 14.8 Å². The molecule has 1 aliphatic heterocycles. The van der Waals surface area contributed by atoms with Gasteiger partial charge in [-0.3, -0.25) is 4.79 Å². The second kappa shape index (κ2) is 10.1. The van der Waals surface area contributed by atoms with E-state index in [9.17, 15) is 18.0 Å². The van der Waals surface area contributed by atoms with Crippen molar-refractivity contribution in [2.45, 2.75) is 31.1 Å². The van der Waals surface area contributed by atoms with Gasteiger partial charge in [0.2, 0.25) is 10.0 Å². The zero-order valence-corrected chi connectivity index (χ0v) is 19.2. The van der Waals surface area contributed by atoms with Gasteiger partial charge in [-0.25, -0.2) is 13.2 Å². The number of nitrogens with zero attached hydrogens (tertiary/aromatic N) is 1. The van der Waals surface area contributed by atoms with Crippen molar-refractivity contribution in [3.8, 4) is 11.5 Å². The van der Waals surface area contributed by atoms with Crippen molar-refractivity contribution in [1.82, 2.24) is 4.31 Å². The van der Waals surface area contributed by atoms with Crippen LogP contribution in [0.4, 0.5) is 0 Å². The molecule has 3 rings (SSSR count). The maximum absolute atomic E-state index is 12.9. The van der Waals surface area contributed by atoms with Crippen LogP contribution in [-0.4, -0.2) is 58.4 Å². The Kier molecular flexibility index (Phi) is 7.52. The highest BCUT2D eigenvalue weighted by Gasteiger charge is 2.27. The van der Waals surface area contributed by atoms with Crippen molar-refractivity contribution in [2.75, 3.05) is 33.9 Å². The van der Waals surface area contributed by atoms with E-state index in [0.29, 0.717) is 35.7 Å². The van der Waals surface area contributed by atoms with Gasteiger partial charge in [0.1, 0.15) is 0 Å². The normalized spacial score (nSPS) is 14.6. The van der Waals surface area contributed by atoms with E-state index < -0.39 is 28.4 Å². The van der Waals surface area contributed by atoms with Gasteiger partial charge in [-0.1, -0.05) is 12.5 Å². The third-order valence-corrected chi connectivity index (χ3v) is 7.32. The van der Waals surface area contributed by atoms with Crippen LogP contribution in [0.2, 0.25) is 0 Å². The Balaban J connectivity index is 1.74. The number of benzene rings is 2. The lowest BCUT2D eigenvalue weighted by Crippen LogP contribution is -2.35. The SMILES string of the molecule is COc1ccc(C(=O)COC(=O)c2cc(S(=O)(=O)N3CCCCC3)ccc2C)cc1OC. The van der Waals surface area contributed by atoms with Crippen LogP contribution in [0.25, 0.3) is 0 Å². The number of hydrogen-bond acceptors (Lipinski definition) is 7. The fraction of sp³-hybridized carbons (Fsp3) is 0.391. The number of ether oxygens (including phenoxy) is 3. The van der Waals surface area contributed by atoms with Crippen LogP contribution in [0.5, 0.6) is 11.5 Å². The molecule has 0 aromatic heterocycles. The third kappa shape index (κ3) is 5.11. The minimum Gasteiger partial charge on any atom is -0.493 e. The summed E-state index contributed by atoms with van der Waals surface area (Å²) in [6.07, 6.45) is 2.64. The molecule has 0 saturated carbocycles. The summed E-state index contributed by atoms with van der Waals surface area (Å²) >= 11 is 0. The van der Waals surface area contributed by atoms with E-state index in [1.807, 2.05) is 0 Å². The summed E-state index contributed by atoms with van der Waals surface area (Å²) in [4.78, 5) is 25.2. The summed E-state index contributed by atoms with van der Waals surface area (Å²) in [7, 11) is -0.743. The molecule has 0 spiro atoms. The minimum atomic E-state index is -3.69. The number of methoxy groups -OCH3 is 2. The van der Waals surface area contributed by atoms with Gasteiger partial charge < -0.3 is 14.2 Å². The Morgan fingerprint density at radius 3 is 2.28 bits per heavy atom. The van der Waals surface area contributed by atoms with E-state index in [0.717, 1.165) is 19.3 Å². The first-order valence-corrected chi connectivity index (χ1v) is 11.7. The van der Waals surface area contributed by atoms with Crippen LogP contribution in [0.1, 0.15) is 45.5 Å². The largest absolute Gasteiger partial charge is 0.493 e. The zero-order valence-electron chi connectivity index (χ0n) is 18.4. The summed E-state index contributed by atoms with van der Waals surface area (Å²) in [5.74, 6) is -0.319. The highest BCUT2D eigenvalue weighted by molar-refractivity contribution is 7.89. The van der Waals surface area contributed by atoms with E-state index in [-0.39, 0.29) is 10.5 Å². The van der Waals surface area contributed by atoms with E-state index >= 15 is 0 Å². The minimum absolute atomic E-state index is 0.0446. The summed E-state index contributed by atoms with van der Waals surface area (Å²) in [5, 5.41) is 0. The average molecular weight is 462 g/mol. The van der Waals surface area contributed by atoms with Crippen molar-refractivity contribution in [3.63, 3.8) is 0 Å². The summed E-state index contributed by atoms with van der Waals surface area (Å²) < 4.78 is 42.8. The molecule has 172 valence electrons. The van der Waals surface area contributed by atoms with Crippen molar-refractivity contribution in [1.29, 1.82) is 0 Å². The van der Waals surface area contributed by atoms with Gasteiger partial charge in [-0.05, 0) is 55.7 Å². The molecule has 0 atom stereocenters. The number of carbonyl (C=O) groups is 2. The first-order chi connectivity index (χ1) is 15.3. The van der Waals surface area contributed by atoms with Crippen LogP contribution >= 0.6 is 0 Å². The van der Waals surface area contributed by atoms with Crippen LogP contribution in [0, 0.1) is 6.92 Å². The van der Waals surface area contributed by atoms with Gasteiger partial charge in [-0.2, -0.15) is 4.31 Å². The molecule has 0 unspecified atom stereocenters. The van der Waals surface area contributed by atoms with Crippen LogP contribution in [0.3, 0.4) is 0 Å². The number of esters is 1. The summed E-state index contributed by atoms with van der Waals surface area (Å²) in [5.41, 5.74) is 0.975. The number of Topliss-reactive ketones (excluding diaryl/α,β-unsaturated/α-hetero) is 1. The standard InChI is InChI=1S/C23H27NO7S/c1-16-7-9-18(32(27,28)24-11-5-4-6-12-24)14-19(16)23(26)31-15-20(25)17-8-10-21(29-2)22(13-17)30-3/h7-10,13-14H,4-6,11-12,15H2,1-3H3. The van der Waals surface area contributed by atoms with Crippen molar-refractivity contribution in [3.05, 3.63) is 53.1 Å². The fourth-order valence-electron chi connectivity index (χ4n) is 3.54. The topological polar surface area (TPSA) is 99.2 Å². The number of rotatable bonds is 8. The van der Waals surface area contributed by atoms with Crippen LogP contribution in [0.15, 0.2) is 41.3 Å². The smallest absolute Gasteiger partial charge is 0.338 e. The molecular formula is C23H27NO7S. The molecule has 0 N–H and O–H groups in total. The van der Waals surface area contributed by atoms with Gasteiger partial charge in [-0.15, -0.1) is 0 Å². The lowest BCUT2D eigenvalue weighted by atomic mass is 10.1. The quantitative estimate of drug-likeness (QED) is 0.440. The number of piperidine rings is 1. The molecule has 0 bridgehead atoms. The van der Waals surface area contributed by atoms with E-state index in [4.69, 9.17) is 14.2 Å². The first kappa shape index (κ1) is 23.7.